The van der Waals surface area contributed by atoms with Gasteiger partial charge in [0.2, 0.25) is 5.91 Å². The number of imide groups is 1. The van der Waals surface area contributed by atoms with E-state index in [9.17, 15) is 19.5 Å². The lowest BCUT2D eigenvalue weighted by Gasteiger charge is -2.51. The third-order valence-electron chi connectivity index (χ3n) is 6.57. The fourth-order valence-corrected chi connectivity index (χ4v) is 4.55. The van der Waals surface area contributed by atoms with Crippen molar-refractivity contribution in [2.24, 2.45) is 11.3 Å². The fourth-order valence-electron chi connectivity index (χ4n) is 4.42. The first-order valence-electron chi connectivity index (χ1n) is 11.4. The number of benzene rings is 2. The van der Waals surface area contributed by atoms with Crippen molar-refractivity contribution in [2.75, 3.05) is 13.1 Å². The van der Waals surface area contributed by atoms with Gasteiger partial charge in [-0.15, -0.1) is 0 Å². The summed E-state index contributed by atoms with van der Waals surface area (Å²) in [6, 6.07) is 14.0. The molecule has 0 radical (unpaired) electrons. The summed E-state index contributed by atoms with van der Waals surface area (Å²) in [5.41, 5.74) is -0.674. The molecule has 34 heavy (non-hydrogen) atoms. The van der Waals surface area contributed by atoms with Crippen molar-refractivity contribution in [3.8, 4) is 0 Å². The minimum atomic E-state index is -1.13. The number of amides is 4. The predicted molar refractivity (Wildman–Crippen MR) is 131 cm³/mol. The minimum absolute atomic E-state index is 0.203. The van der Waals surface area contributed by atoms with Crippen LogP contribution in [0.25, 0.3) is 0 Å². The molecule has 182 valence electrons. The van der Waals surface area contributed by atoms with Gasteiger partial charge in [0.1, 0.15) is 6.04 Å². The summed E-state index contributed by atoms with van der Waals surface area (Å²) in [6.07, 6.45) is 0.344. The average Bonchev–Trinajstić information content (AvgIpc) is 2.79. The molecule has 2 atom stereocenters. The molecule has 0 aliphatic carbocycles. The van der Waals surface area contributed by atoms with Crippen molar-refractivity contribution in [3.63, 3.8) is 0 Å². The first-order valence-corrected chi connectivity index (χ1v) is 11.8. The molecule has 0 saturated carbocycles. The number of halogens is 1. The molecule has 1 aliphatic heterocycles. The third-order valence-corrected chi connectivity index (χ3v) is 6.82. The Morgan fingerprint density at radius 2 is 1.65 bits per heavy atom. The van der Waals surface area contributed by atoms with Crippen LogP contribution in [0, 0.1) is 11.3 Å². The van der Waals surface area contributed by atoms with Crippen LogP contribution in [0.1, 0.15) is 50.0 Å². The maximum absolute atomic E-state index is 13.4. The molecule has 2 aromatic carbocycles. The van der Waals surface area contributed by atoms with Crippen LogP contribution < -0.4 is 10.6 Å². The molecule has 4 amide bonds. The van der Waals surface area contributed by atoms with Gasteiger partial charge in [0.15, 0.2) is 0 Å². The zero-order valence-corrected chi connectivity index (χ0v) is 20.7. The maximum atomic E-state index is 13.4. The van der Waals surface area contributed by atoms with E-state index >= 15 is 0 Å². The normalized spacial score (nSPS) is 20.5. The lowest BCUT2D eigenvalue weighted by Crippen LogP contribution is -2.61. The van der Waals surface area contributed by atoms with E-state index in [2.05, 4.69) is 10.6 Å². The van der Waals surface area contributed by atoms with Gasteiger partial charge in [0.25, 0.3) is 5.91 Å². The number of hydrogen-bond acceptors (Lipinski definition) is 4. The zero-order chi connectivity index (χ0) is 25.1. The summed E-state index contributed by atoms with van der Waals surface area (Å²) in [5, 5.41) is 17.1. The zero-order valence-electron chi connectivity index (χ0n) is 20.0. The lowest BCUT2D eigenvalue weighted by molar-refractivity contribution is -0.155. The number of carbonyl (C=O) groups excluding carboxylic acids is 3. The minimum Gasteiger partial charge on any atom is -0.384 e. The topological polar surface area (TPSA) is 98.7 Å². The molecule has 0 unspecified atom stereocenters. The van der Waals surface area contributed by atoms with Gasteiger partial charge in [-0.3, -0.25) is 14.9 Å². The number of nitrogens with one attached hydrogen (secondary N) is 2. The Bertz CT molecular complexity index is 1040. The van der Waals surface area contributed by atoms with E-state index in [0.29, 0.717) is 30.1 Å². The van der Waals surface area contributed by atoms with Crippen LogP contribution >= 0.6 is 11.6 Å². The number of urea groups is 1. The molecule has 1 heterocycles. The van der Waals surface area contributed by atoms with Gasteiger partial charge in [0.05, 0.1) is 5.60 Å². The van der Waals surface area contributed by atoms with Crippen molar-refractivity contribution < 1.29 is 19.5 Å². The van der Waals surface area contributed by atoms with Crippen LogP contribution in [-0.4, -0.2) is 47.0 Å². The van der Waals surface area contributed by atoms with Gasteiger partial charge in [0, 0.05) is 29.1 Å². The summed E-state index contributed by atoms with van der Waals surface area (Å²) in [7, 11) is 0. The highest BCUT2D eigenvalue weighted by atomic mass is 35.5. The number of nitrogens with zero attached hydrogens (tertiary/aromatic N) is 1. The maximum Gasteiger partial charge on any atom is 0.322 e. The molecule has 8 heteroatoms. The molecule has 3 N–H and O–H groups in total. The molecule has 1 fully saturated rings. The van der Waals surface area contributed by atoms with Crippen molar-refractivity contribution >= 4 is 29.4 Å². The fraction of sp³-hybridized carbons (Fsp3) is 0.423. The Morgan fingerprint density at radius 1 is 1.03 bits per heavy atom. The van der Waals surface area contributed by atoms with Crippen LogP contribution in [0.3, 0.4) is 0 Å². The molecule has 1 aliphatic rings. The first-order chi connectivity index (χ1) is 15.9. The monoisotopic (exact) mass is 485 g/mol. The van der Waals surface area contributed by atoms with Crippen molar-refractivity contribution in [1.82, 2.24) is 15.5 Å². The number of hydrogen-bond donors (Lipinski definition) is 3. The smallest absolute Gasteiger partial charge is 0.322 e. The summed E-state index contributed by atoms with van der Waals surface area (Å²) < 4.78 is 0. The number of aliphatic hydroxyl groups is 1. The Kier molecular flexibility index (Phi) is 7.68. The van der Waals surface area contributed by atoms with Crippen LogP contribution in [0.5, 0.6) is 0 Å². The SMILES string of the molecule is CC(C)[C@@H](NC(=O)NC(=O)c1ccccc1)C(=O)N1CC[C@](O)(c2ccc(Cl)cc2)C(C)(C)C1. The Balaban J connectivity index is 1.69. The molecular weight excluding hydrogens is 454 g/mol. The number of rotatable bonds is 5. The van der Waals surface area contributed by atoms with Gasteiger partial charge >= 0.3 is 6.03 Å². The van der Waals surface area contributed by atoms with Crippen LogP contribution in [0.15, 0.2) is 54.6 Å². The van der Waals surface area contributed by atoms with E-state index in [0.717, 1.165) is 5.56 Å². The Hall–Kier alpha value is -2.90. The summed E-state index contributed by atoms with van der Waals surface area (Å²) in [6.45, 7) is 8.15. The number of likely N-dealkylation sites (tertiary alicyclic amines) is 1. The van der Waals surface area contributed by atoms with Gasteiger partial charge in [-0.2, -0.15) is 0 Å². The summed E-state index contributed by atoms with van der Waals surface area (Å²) in [4.78, 5) is 39.9. The van der Waals surface area contributed by atoms with E-state index < -0.39 is 29.0 Å². The molecule has 2 aromatic rings. The second-order valence-corrected chi connectivity index (χ2v) is 10.2. The van der Waals surface area contributed by atoms with Gasteiger partial charge < -0.3 is 15.3 Å². The molecule has 7 nitrogen and oxygen atoms in total. The molecule has 0 bridgehead atoms. The van der Waals surface area contributed by atoms with Gasteiger partial charge in [-0.05, 0) is 42.2 Å². The molecule has 0 spiro atoms. The van der Waals surface area contributed by atoms with Crippen molar-refractivity contribution in [3.05, 3.63) is 70.7 Å². The van der Waals surface area contributed by atoms with Crippen LogP contribution in [0.4, 0.5) is 4.79 Å². The Morgan fingerprint density at radius 3 is 2.21 bits per heavy atom. The number of carbonyl (C=O) groups is 3. The van der Waals surface area contributed by atoms with Gasteiger partial charge in [-0.1, -0.05) is 69.6 Å². The average molecular weight is 486 g/mol. The highest BCUT2D eigenvalue weighted by Gasteiger charge is 2.50. The highest BCUT2D eigenvalue weighted by molar-refractivity contribution is 6.30. The van der Waals surface area contributed by atoms with E-state index in [4.69, 9.17) is 11.6 Å². The second-order valence-electron chi connectivity index (χ2n) is 9.78. The predicted octanol–water partition coefficient (Wildman–Crippen LogP) is 3.95. The standard InChI is InChI=1S/C26H32ClN3O4/c1-17(2)21(28-24(33)29-22(31)18-8-6-5-7-9-18)23(32)30-15-14-26(34,25(3,4)16-30)19-10-12-20(27)13-11-19/h5-13,17,21,34H,14-16H2,1-4H3,(H2,28,29,31,33)/t21-,26+/m1/s1. The highest BCUT2D eigenvalue weighted by Crippen LogP contribution is 2.46. The van der Waals surface area contributed by atoms with E-state index in [-0.39, 0.29) is 11.8 Å². The van der Waals surface area contributed by atoms with E-state index in [1.165, 1.54) is 0 Å². The van der Waals surface area contributed by atoms with Crippen LogP contribution in [0.2, 0.25) is 5.02 Å². The molecule has 1 saturated heterocycles. The second kappa shape index (κ2) is 10.2. The van der Waals surface area contributed by atoms with Crippen molar-refractivity contribution in [1.29, 1.82) is 0 Å². The van der Waals surface area contributed by atoms with E-state index in [1.54, 1.807) is 47.4 Å². The number of piperidine rings is 1. The first kappa shape index (κ1) is 25.7. The van der Waals surface area contributed by atoms with Crippen molar-refractivity contribution in [2.45, 2.75) is 45.8 Å². The Labute approximate surface area is 205 Å². The largest absolute Gasteiger partial charge is 0.384 e. The molecular formula is C26H32ClN3O4. The molecule has 3 rings (SSSR count). The van der Waals surface area contributed by atoms with Crippen LogP contribution in [-0.2, 0) is 10.4 Å². The van der Waals surface area contributed by atoms with Gasteiger partial charge in [-0.25, -0.2) is 4.79 Å². The van der Waals surface area contributed by atoms with E-state index in [1.807, 2.05) is 39.8 Å². The lowest BCUT2D eigenvalue weighted by atomic mass is 9.66. The molecule has 0 aromatic heterocycles. The summed E-state index contributed by atoms with van der Waals surface area (Å²) in [5.74, 6) is -0.992. The third kappa shape index (κ3) is 5.42. The quantitative estimate of drug-likeness (QED) is 0.597. The summed E-state index contributed by atoms with van der Waals surface area (Å²) >= 11 is 6.01.